The van der Waals surface area contributed by atoms with Crippen LogP contribution in [0, 0.1) is 0 Å². The topological polar surface area (TPSA) is 61.8 Å². The third kappa shape index (κ3) is 5.19. The van der Waals surface area contributed by atoms with Crippen molar-refractivity contribution < 1.29 is 9.53 Å². The van der Waals surface area contributed by atoms with Gasteiger partial charge in [-0.3, -0.25) is 9.69 Å². The molecule has 7 heteroatoms. The van der Waals surface area contributed by atoms with Crippen LogP contribution in [0.2, 0.25) is 0 Å². The number of hydrogen-bond acceptors (Lipinski definition) is 6. The van der Waals surface area contributed by atoms with Crippen molar-refractivity contribution in [3.63, 3.8) is 0 Å². The molecule has 4 rings (SSSR count). The molecule has 1 aromatic heterocycles. The molecule has 2 aromatic rings. The Hall–Kier alpha value is -2.77. The number of ether oxygens (including phenoxy) is 1. The number of hydrogen-bond donors (Lipinski definition) is 0. The van der Waals surface area contributed by atoms with Crippen molar-refractivity contribution in [1.82, 2.24) is 19.8 Å². The number of piperazine rings is 1. The van der Waals surface area contributed by atoms with Crippen molar-refractivity contribution in [3.8, 4) is 0 Å². The zero-order valence-electron chi connectivity index (χ0n) is 16.6. The highest BCUT2D eigenvalue weighted by Gasteiger charge is 2.23. The first-order valence-corrected chi connectivity index (χ1v) is 10.2. The maximum Gasteiger partial charge on any atom is 0.272 e. The molecule has 3 heterocycles. The maximum atomic E-state index is 12.9. The van der Waals surface area contributed by atoms with Crippen molar-refractivity contribution in [3.05, 3.63) is 60.1 Å². The fraction of sp³-hybridized carbons (Fsp3) is 0.409. The van der Waals surface area contributed by atoms with Crippen LogP contribution in [0.5, 0.6) is 0 Å². The monoisotopic (exact) mass is 393 g/mol. The summed E-state index contributed by atoms with van der Waals surface area (Å²) in [5, 5.41) is 0. The van der Waals surface area contributed by atoms with Gasteiger partial charge in [-0.1, -0.05) is 42.5 Å². The molecule has 2 aliphatic heterocycles. The predicted molar refractivity (Wildman–Crippen MR) is 113 cm³/mol. The standard InChI is InChI=1S/C22H27N5O2/c28-22(20-17-21(24-18-23-20)26-13-15-29-16-14-26)27-11-9-25(10-12-27)8-4-7-19-5-2-1-3-6-19/h1-7,17-18H,8-16H2/b7-4+. The highest BCUT2D eigenvalue weighted by atomic mass is 16.5. The van der Waals surface area contributed by atoms with Gasteiger partial charge in [0.1, 0.15) is 17.8 Å². The number of morpholine rings is 1. The Kier molecular flexibility index (Phi) is 6.49. The van der Waals surface area contributed by atoms with Crippen LogP contribution in [0.15, 0.2) is 48.8 Å². The molecule has 2 aliphatic rings. The van der Waals surface area contributed by atoms with Gasteiger partial charge in [0.05, 0.1) is 13.2 Å². The molecule has 1 amide bonds. The maximum absolute atomic E-state index is 12.9. The van der Waals surface area contributed by atoms with E-state index >= 15 is 0 Å². The smallest absolute Gasteiger partial charge is 0.272 e. The van der Waals surface area contributed by atoms with Crippen molar-refractivity contribution >= 4 is 17.8 Å². The summed E-state index contributed by atoms with van der Waals surface area (Å²) < 4.78 is 5.39. The van der Waals surface area contributed by atoms with Crippen LogP contribution < -0.4 is 4.90 Å². The van der Waals surface area contributed by atoms with Gasteiger partial charge in [-0.25, -0.2) is 9.97 Å². The van der Waals surface area contributed by atoms with E-state index < -0.39 is 0 Å². The average Bonchev–Trinajstić information content (AvgIpc) is 2.80. The molecule has 0 aliphatic carbocycles. The van der Waals surface area contributed by atoms with Crippen LogP contribution in [0.3, 0.4) is 0 Å². The van der Waals surface area contributed by atoms with E-state index in [2.05, 4.69) is 44.1 Å². The summed E-state index contributed by atoms with van der Waals surface area (Å²) in [6.07, 6.45) is 5.82. The first kappa shape index (κ1) is 19.5. The first-order valence-electron chi connectivity index (χ1n) is 10.2. The summed E-state index contributed by atoms with van der Waals surface area (Å²) in [7, 11) is 0. The van der Waals surface area contributed by atoms with E-state index in [-0.39, 0.29) is 5.91 Å². The number of benzene rings is 1. The van der Waals surface area contributed by atoms with Gasteiger partial charge in [-0.15, -0.1) is 0 Å². The molecule has 1 aromatic carbocycles. The minimum Gasteiger partial charge on any atom is -0.378 e. The lowest BCUT2D eigenvalue weighted by atomic mass is 10.2. The molecule has 2 fully saturated rings. The summed E-state index contributed by atoms with van der Waals surface area (Å²) in [4.78, 5) is 27.9. The van der Waals surface area contributed by atoms with Crippen LogP contribution in [-0.2, 0) is 4.74 Å². The Morgan fingerprint density at radius 3 is 2.52 bits per heavy atom. The molecule has 2 saturated heterocycles. The number of carbonyl (C=O) groups is 1. The lowest BCUT2D eigenvalue weighted by Gasteiger charge is -2.34. The van der Waals surface area contributed by atoms with E-state index in [1.54, 1.807) is 0 Å². The molecular weight excluding hydrogens is 366 g/mol. The van der Waals surface area contributed by atoms with Gasteiger partial charge in [-0.2, -0.15) is 0 Å². The van der Waals surface area contributed by atoms with Crippen LogP contribution in [0.1, 0.15) is 16.1 Å². The summed E-state index contributed by atoms with van der Waals surface area (Å²) in [6, 6.07) is 12.1. The van der Waals surface area contributed by atoms with Gasteiger partial charge in [0.2, 0.25) is 0 Å². The number of amides is 1. The van der Waals surface area contributed by atoms with Gasteiger partial charge in [0.25, 0.3) is 5.91 Å². The second-order valence-corrected chi connectivity index (χ2v) is 7.27. The molecular formula is C22H27N5O2. The molecule has 0 bridgehead atoms. The van der Waals surface area contributed by atoms with Crippen molar-refractivity contribution in [2.24, 2.45) is 0 Å². The lowest BCUT2D eigenvalue weighted by molar-refractivity contribution is 0.0644. The van der Waals surface area contributed by atoms with E-state index in [0.717, 1.165) is 51.6 Å². The van der Waals surface area contributed by atoms with E-state index in [9.17, 15) is 4.79 Å². The minimum absolute atomic E-state index is 0.0126. The van der Waals surface area contributed by atoms with Crippen molar-refractivity contribution in [2.75, 3.05) is 63.9 Å². The third-order valence-corrected chi connectivity index (χ3v) is 5.34. The van der Waals surface area contributed by atoms with Gasteiger partial charge in [0, 0.05) is 51.9 Å². The molecule has 0 radical (unpaired) electrons. The molecule has 0 N–H and O–H groups in total. The third-order valence-electron chi connectivity index (χ3n) is 5.34. The second-order valence-electron chi connectivity index (χ2n) is 7.27. The number of nitrogens with zero attached hydrogens (tertiary/aromatic N) is 5. The molecule has 0 atom stereocenters. The highest BCUT2D eigenvalue weighted by molar-refractivity contribution is 5.93. The van der Waals surface area contributed by atoms with E-state index in [1.165, 1.54) is 11.9 Å². The molecule has 0 unspecified atom stereocenters. The highest BCUT2D eigenvalue weighted by Crippen LogP contribution is 2.15. The van der Waals surface area contributed by atoms with Gasteiger partial charge < -0.3 is 14.5 Å². The van der Waals surface area contributed by atoms with Crippen molar-refractivity contribution in [2.45, 2.75) is 0 Å². The summed E-state index contributed by atoms with van der Waals surface area (Å²) >= 11 is 0. The van der Waals surface area contributed by atoms with Crippen LogP contribution in [-0.4, -0.2) is 84.7 Å². The fourth-order valence-corrected chi connectivity index (χ4v) is 3.63. The second kappa shape index (κ2) is 9.62. The van der Waals surface area contributed by atoms with Gasteiger partial charge in [0.15, 0.2) is 0 Å². The van der Waals surface area contributed by atoms with Crippen LogP contribution >= 0.6 is 0 Å². The van der Waals surface area contributed by atoms with E-state index in [4.69, 9.17) is 4.74 Å². The zero-order chi connectivity index (χ0) is 19.9. The Morgan fingerprint density at radius 1 is 1.00 bits per heavy atom. The van der Waals surface area contributed by atoms with E-state index in [1.807, 2.05) is 29.2 Å². The Balaban J connectivity index is 1.29. The molecule has 7 nitrogen and oxygen atoms in total. The summed E-state index contributed by atoms with van der Waals surface area (Å²) in [5.41, 5.74) is 1.68. The SMILES string of the molecule is O=C(c1cc(N2CCOCC2)ncn1)N1CCN(C/C=C/c2ccccc2)CC1. The zero-order valence-corrected chi connectivity index (χ0v) is 16.6. The van der Waals surface area contributed by atoms with Crippen LogP contribution in [0.25, 0.3) is 6.08 Å². The molecule has 152 valence electrons. The summed E-state index contributed by atoms with van der Waals surface area (Å²) in [5.74, 6) is 0.790. The lowest BCUT2D eigenvalue weighted by Crippen LogP contribution is -2.48. The van der Waals surface area contributed by atoms with E-state index in [0.29, 0.717) is 18.9 Å². The average molecular weight is 393 g/mol. The predicted octanol–water partition coefficient (Wildman–Crippen LogP) is 1.78. The largest absolute Gasteiger partial charge is 0.378 e. The fourth-order valence-electron chi connectivity index (χ4n) is 3.63. The number of rotatable bonds is 5. The van der Waals surface area contributed by atoms with Gasteiger partial charge in [-0.05, 0) is 5.56 Å². The molecule has 0 saturated carbocycles. The number of aromatic nitrogens is 2. The summed E-state index contributed by atoms with van der Waals surface area (Å²) in [6.45, 7) is 7.02. The molecule has 0 spiro atoms. The quantitative estimate of drug-likeness (QED) is 0.772. The van der Waals surface area contributed by atoms with Gasteiger partial charge >= 0.3 is 0 Å². The van der Waals surface area contributed by atoms with Crippen LogP contribution in [0.4, 0.5) is 5.82 Å². The Morgan fingerprint density at radius 2 is 1.76 bits per heavy atom. The first-order chi connectivity index (χ1) is 14.3. The Labute approximate surface area is 171 Å². The normalized spacial score (nSPS) is 18.3. The Bertz CT molecular complexity index is 828. The minimum atomic E-state index is -0.0126. The molecule has 29 heavy (non-hydrogen) atoms. The number of anilines is 1. The number of carbonyl (C=O) groups excluding carboxylic acids is 1. The van der Waals surface area contributed by atoms with Crippen molar-refractivity contribution in [1.29, 1.82) is 0 Å².